The molecule has 1 aliphatic heterocycles. The third-order valence-corrected chi connectivity index (χ3v) is 6.02. The summed E-state index contributed by atoms with van der Waals surface area (Å²) in [4.78, 5) is 4.51. The SMILES string of the molecule is CCc1nnc2n1CC(C1CCCCC1)c1cnn(-c3ccccn3)c1-2. The van der Waals surface area contributed by atoms with Crippen molar-refractivity contribution in [3.05, 3.63) is 42.0 Å². The van der Waals surface area contributed by atoms with Crippen LogP contribution in [0.5, 0.6) is 0 Å². The number of fused-ring (bicyclic) bond motifs is 3. The van der Waals surface area contributed by atoms with E-state index in [-0.39, 0.29) is 0 Å². The summed E-state index contributed by atoms with van der Waals surface area (Å²) in [6.07, 6.45) is 11.5. The normalized spacial score (nSPS) is 20.0. The van der Waals surface area contributed by atoms with Gasteiger partial charge in [-0.15, -0.1) is 10.2 Å². The molecule has 3 aromatic heterocycles. The van der Waals surface area contributed by atoms with E-state index in [9.17, 15) is 0 Å². The zero-order valence-corrected chi connectivity index (χ0v) is 15.2. The second-order valence-electron chi connectivity index (χ2n) is 7.46. The summed E-state index contributed by atoms with van der Waals surface area (Å²) in [6.45, 7) is 3.13. The lowest BCUT2D eigenvalue weighted by atomic mass is 9.75. The maximum absolute atomic E-state index is 4.72. The number of hydrogen-bond acceptors (Lipinski definition) is 4. The van der Waals surface area contributed by atoms with Crippen LogP contribution in [-0.4, -0.2) is 29.5 Å². The molecule has 6 nitrogen and oxygen atoms in total. The zero-order chi connectivity index (χ0) is 17.5. The second kappa shape index (κ2) is 6.34. The van der Waals surface area contributed by atoms with Crippen molar-refractivity contribution in [1.82, 2.24) is 29.5 Å². The van der Waals surface area contributed by atoms with Crippen molar-refractivity contribution in [2.75, 3.05) is 0 Å². The lowest BCUT2D eigenvalue weighted by Gasteiger charge is -2.33. The second-order valence-corrected chi connectivity index (χ2v) is 7.46. The smallest absolute Gasteiger partial charge is 0.183 e. The molecule has 0 bridgehead atoms. The first-order valence-electron chi connectivity index (χ1n) is 9.78. The summed E-state index contributed by atoms with van der Waals surface area (Å²) >= 11 is 0. The molecule has 0 N–H and O–H groups in total. The molecule has 1 aliphatic carbocycles. The van der Waals surface area contributed by atoms with Gasteiger partial charge in [0.15, 0.2) is 11.6 Å². The van der Waals surface area contributed by atoms with Crippen LogP contribution < -0.4 is 0 Å². The summed E-state index contributed by atoms with van der Waals surface area (Å²) in [6, 6.07) is 5.93. The van der Waals surface area contributed by atoms with E-state index in [2.05, 4.69) is 26.7 Å². The Kier molecular flexibility index (Phi) is 3.84. The molecule has 0 aromatic carbocycles. The van der Waals surface area contributed by atoms with Crippen LogP contribution in [0.4, 0.5) is 0 Å². The fourth-order valence-corrected chi connectivity index (χ4v) is 4.71. The van der Waals surface area contributed by atoms with Crippen molar-refractivity contribution in [2.24, 2.45) is 5.92 Å². The Hall–Kier alpha value is -2.50. The van der Waals surface area contributed by atoms with Gasteiger partial charge in [-0.05, 0) is 30.9 Å². The maximum atomic E-state index is 4.72. The predicted octanol–water partition coefficient (Wildman–Crippen LogP) is 3.77. The Bertz CT molecular complexity index is 904. The maximum Gasteiger partial charge on any atom is 0.183 e. The average molecular weight is 348 g/mol. The molecule has 5 rings (SSSR count). The first kappa shape index (κ1) is 15.7. The van der Waals surface area contributed by atoms with Crippen LogP contribution in [0.25, 0.3) is 17.3 Å². The fraction of sp³-hybridized carbons (Fsp3) is 0.500. The number of rotatable bonds is 3. The van der Waals surface area contributed by atoms with Gasteiger partial charge in [0.25, 0.3) is 0 Å². The van der Waals surface area contributed by atoms with Gasteiger partial charge in [0.2, 0.25) is 0 Å². The van der Waals surface area contributed by atoms with Gasteiger partial charge in [-0.2, -0.15) is 5.10 Å². The van der Waals surface area contributed by atoms with Crippen LogP contribution in [0.3, 0.4) is 0 Å². The van der Waals surface area contributed by atoms with Crippen LogP contribution in [0.2, 0.25) is 0 Å². The topological polar surface area (TPSA) is 61.4 Å². The molecule has 1 saturated carbocycles. The van der Waals surface area contributed by atoms with Gasteiger partial charge in [0.1, 0.15) is 11.5 Å². The molecule has 134 valence electrons. The lowest BCUT2D eigenvalue weighted by Crippen LogP contribution is -2.26. The molecular weight excluding hydrogens is 324 g/mol. The van der Waals surface area contributed by atoms with Crippen molar-refractivity contribution in [2.45, 2.75) is 57.9 Å². The number of aromatic nitrogens is 6. The van der Waals surface area contributed by atoms with E-state index >= 15 is 0 Å². The molecule has 1 fully saturated rings. The van der Waals surface area contributed by atoms with Gasteiger partial charge in [-0.25, -0.2) is 9.67 Å². The zero-order valence-electron chi connectivity index (χ0n) is 15.2. The van der Waals surface area contributed by atoms with Gasteiger partial charge >= 0.3 is 0 Å². The van der Waals surface area contributed by atoms with Crippen LogP contribution in [0.1, 0.15) is 56.3 Å². The standard InChI is InChI=1S/C20H24N6/c1-2-17-23-24-20-19-15(12-22-26(19)18-10-6-7-11-21-18)16(13-25(17)20)14-8-4-3-5-9-14/h6-7,10-12,14,16H,2-5,8-9,13H2,1H3. The van der Waals surface area contributed by atoms with Crippen molar-refractivity contribution in [3.8, 4) is 17.3 Å². The Morgan fingerprint density at radius 3 is 2.77 bits per heavy atom. The van der Waals surface area contributed by atoms with E-state index in [0.29, 0.717) is 5.92 Å². The molecule has 3 aromatic rings. The fourth-order valence-electron chi connectivity index (χ4n) is 4.71. The Balaban J connectivity index is 1.67. The van der Waals surface area contributed by atoms with Crippen molar-refractivity contribution >= 4 is 0 Å². The first-order valence-corrected chi connectivity index (χ1v) is 9.78. The third kappa shape index (κ3) is 2.39. The Labute approximate surface area is 153 Å². The minimum absolute atomic E-state index is 0.497. The molecule has 1 unspecified atom stereocenters. The molecule has 26 heavy (non-hydrogen) atoms. The third-order valence-electron chi connectivity index (χ3n) is 6.02. The molecular formula is C20H24N6. The number of pyridine rings is 1. The van der Waals surface area contributed by atoms with Gasteiger partial charge in [-0.3, -0.25) is 0 Å². The molecule has 4 heterocycles. The summed E-state index contributed by atoms with van der Waals surface area (Å²) in [5, 5.41) is 13.7. The molecule has 6 heteroatoms. The molecule has 0 amide bonds. The van der Waals surface area contributed by atoms with Crippen LogP contribution in [-0.2, 0) is 13.0 Å². The minimum Gasteiger partial charge on any atom is -0.309 e. The van der Waals surface area contributed by atoms with Crippen LogP contribution >= 0.6 is 0 Å². The predicted molar refractivity (Wildman–Crippen MR) is 99.1 cm³/mol. The number of hydrogen-bond donors (Lipinski definition) is 0. The summed E-state index contributed by atoms with van der Waals surface area (Å²) in [5.74, 6) is 4.07. The molecule has 0 spiro atoms. The van der Waals surface area contributed by atoms with Crippen LogP contribution in [0, 0.1) is 5.92 Å². The lowest BCUT2D eigenvalue weighted by molar-refractivity contribution is 0.280. The van der Waals surface area contributed by atoms with E-state index in [1.165, 1.54) is 37.7 Å². The average Bonchev–Trinajstić information content (AvgIpc) is 3.32. The highest BCUT2D eigenvalue weighted by Crippen LogP contribution is 2.44. The van der Waals surface area contributed by atoms with E-state index < -0.39 is 0 Å². The molecule has 2 aliphatic rings. The van der Waals surface area contributed by atoms with Crippen molar-refractivity contribution in [1.29, 1.82) is 0 Å². The van der Waals surface area contributed by atoms with E-state index in [4.69, 9.17) is 5.10 Å². The van der Waals surface area contributed by atoms with Gasteiger partial charge in [0.05, 0.1) is 6.20 Å². The highest BCUT2D eigenvalue weighted by Gasteiger charge is 2.36. The largest absolute Gasteiger partial charge is 0.309 e. The quantitative estimate of drug-likeness (QED) is 0.723. The molecule has 0 radical (unpaired) electrons. The Morgan fingerprint density at radius 1 is 1.12 bits per heavy atom. The number of aryl methyl sites for hydroxylation is 1. The van der Waals surface area contributed by atoms with Crippen molar-refractivity contribution < 1.29 is 0 Å². The monoisotopic (exact) mass is 348 g/mol. The van der Waals surface area contributed by atoms with Gasteiger partial charge in [-0.1, -0.05) is 32.3 Å². The molecule has 1 atom stereocenters. The highest BCUT2D eigenvalue weighted by molar-refractivity contribution is 5.61. The number of nitrogens with zero attached hydrogens (tertiary/aromatic N) is 6. The van der Waals surface area contributed by atoms with Crippen molar-refractivity contribution in [3.63, 3.8) is 0 Å². The highest BCUT2D eigenvalue weighted by atomic mass is 15.4. The summed E-state index contributed by atoms with van der Waals surface area (Å²) in [7, 11) is 0. The summed E-state index contributed by atoms with van der Waals surface area (Å²) < 4.78 is 4.27. The minimum atomic E-state index is 0.497. The molecule has 0 saturated heterocycles. The van der Waals surface area contributed by atoms with Gasteiger partial charge in [0, 0.05) is 30.6 Å². The van der Waals surface area contributed by atoms with E-state index in [1.54, 1.807) is 0 Å². The van der Waals surface area contributed by atoms with E-state index in [0.717, 1.165) is 42.0 Å². The van der Waals surface area contributed by atoms with Crippen LogP contribution in [0.15, 0.2) is 30.6 Å². The van der Waals surface area contributed by atoms with E-state index in [1.807, 2.05) is 35.3 Å². The first-order chi connectivity index (χ1) is 12.9. The Morgan fingerprint density at radius 2 is 2.00 bits per heavy atom. The summed E-state index contributed by atoms with van der Waals surface area (Å²) in [5.41, 5.74) is 2.41. The van der Waals surface area contributed by atoms with Gasteiger partial charge < -0.3 is 4.57 Å².